The van der Waals surface area contributed by atoms with Crippen molar-refractivity contribution in [3.63, 3.8) is 0 Å². The fraction of sp³-hybridized carbons (Fsp3) is 0.250. The Morgan fingerprint density at radius 2 is 1.78 bits per heavy atom. The maximum atomic E-state index is 12.1. The molecular formula is C20H24N4O3. The van der Waals surface area contributed by atoms with Crippen LogP contribution in [0.5, 0.6) is 5.75 Å². The van der Waals surface area contributed by atoms with Crippen molar-refractivity contribution in [3.05, 3.63) is 60.4 Å². The number of fused-ring (bicyclic) bond motifs is 1. The molecule has 0 atom stereocenters. The van der Waals surface area contributed by atoms with Crippen LogP contribution in [0.3, 0.4) is 0 Å². The molecule has 2 amide bonds. The van der Waals surface area contributed by atoms with E-state index in [-0.39, 0.29) is 18.4 Å². The van der Waals surface area contributed by atoms with Gasteiger partial charge in [-0.05, 0) is 30.3 Å². The Bertz CT molecular complexity index is 862. The van der Waals surface area contributed by atoms with Gasteiger partial charge in [0.05, 0.1) is 17.4 Å². The molecule has 0 fully saturated rings. The lowest BCUT2D eigenvalue weighted by Crippen LogP contribution is -2.36. The number of para-hydroxylation sites is 1. The maximum Gasteiger partial charge on any atom is 0.258 e. The molecule has 0 aliphatic rings. The van der Waals surface area contributed by atoms with Crippen molar-refractivity contribution in [3.8, 4) is 5.75 Å². The van der Waals surface area contributed by atoms with E-state index in [2.05, 4.69) is 20.6 Å². The first-order chi connectivity index (χ1) is 13.2. The number of hydrogen-bond acceptors (Lipinski definition) is 4. The Labute approximate surface area is 158 Å². The highest BCUT2D eigenvalue weighted by Gasteiger charge is 2.07. The van der Waals surface area contributed by atoms with Gasteiger partial charge in [-0.2, -0.15) is 0 Å². The molecule has 0 bridgehead atoms. The SMILES string of the molecule is CC.O=C(COc1ccccc1)NCCNC(=O)c1ccc2nc[nH]c2c1. The van der Waals surface area contributed by atoms with Crippen molar-refractivity contribution < 1.29 is 14.3 Å². The lowest BCUT2D eigenvalue weighted by molar-refractivity contribution is -0.123. The number of carbonyl (C=O) groups excluding carboxylic acids is 2. The molecule has 0 radical (unpaired) electrons. The molecule has 3 N–H and O–H groups in total. The van der Waals surface area contributed by atoms with E-state index in [1.165, 1.54) is 0 Å². The van der Waals surface area contributed by atoms with Crippen LogP contribution in [0.4, 0.5) is 0 Å². The van der Waals surface area contributed by atoms with Gasteiger partial charge in [0.15, 0.2) is 6.61 Å². The van der Waals surface area contributed by atoms with Gasteiger partial charge in [-0.1, -0.05) is 32.0 Å². The smallest absolute Gasteiger partial charge is 0.258 e. The van der Waals surface area contributed by atoms with Crippen LogP contribution < -0.4 is 15.4 Å². The second-order valence-corrected chi connectivity index (χ2v) is 5.34. The quantitative estimate of drug-likeness (QED) is 0.558. The van der Waals surface area contributed by atoms with Gasteiger partial charge < -0.3 is 20.4 Å². The number of amides is 2. The topological polar surface area (TPSA) is 96.1 Å². The van der Waals surface area contributed by atoms with Crippen LogP contribution in [0.15, 0.2) is 54.9 Å². The maximum absolute atomic E-state index is 12.1. The van der Waals surface area contributed by atoms with Crippen molar-refractivity contribution in [2.45, 2.75) is 13.8 Å². The number of nitrogens with one attached hydrogen (secondary N) is 3. The highest BCUT2D eigenvalue weighted by molar-refractivity contribution is 5.97. The average Bonchev–Trinajstić information content (AvgIpc) is 3.19. The first-order valence-electron chi connectivity index (χ1n) is 8.88. The molecule has 3 aromatic rings. The zero-order valence-corrected chi connectivity index (χ0v) is 15.5. The van der Waals surface area contributed by atoms with Crippen molar-refractivity contribution in [1.82, 2.24) is 20.6 Å². The molecule has 0 aliphatic heterocycles. The normalized spacial score (nSPS) is 9.85. The fourth-order valence-corrected chi connectivity index (χ4v) is 2.27. The summed E-state index contributed by atoms with van der Waals surface area (Å²) in [5.41, 5.74) is 2.15. The summed E-state index contributed by atoms with van der Waals surface area (Å²) in [5.74, 6) is 0.198. The molecule has 7 nitrogen and oxygen atoms in total. The summed E-state index contributed by atoms with van der Waals surface area (Å²) in [6, 6.07) is 14.3. The highest BCUT2D eigenvalue weighted by Crippen LogP contribution is 2.11. The number of benzene rings is 2. The number of H-pyrrole nitrogens is 1. The number of hydrogen-bond donors (Lipinski definition) is 3. The zero-order chi connectivity index (χ0) is 19.5. The Hall–Kier alpha value is -3.35. The van der Waals surface area contributed by atoms with Gasteiger partial charge in [-0.3, -0.25) is 9.59 Å². The van der Waals surface area contributed by atoms with Crippen LogP contribution in [-0.4, -0.2) is 41.5 Å². The number of rotatable bonds is 7. The molecule has 1 heterocycles. The third-order valence-corrected chi connectivity index (χ3v) is 3.53. The number of aromatic amines is 1. The Morgan fingerprint density at radius 1 is 1.04 bits per heavy atom. The number of imidazole rings is 1. The molecule has 3 rings (SSSR count). The largest absolute Gasteiger partial charge is 0.484 e. The molecule has 0 spiro atoms. The highest BCUT2D eigenvalue weighted by atomic mass is 16.5. The third-order valence-electron chi connectivity index (χ3n) is 3.53. The summed E-state index contributed by atoms with van der Waals surface area (Å²) >= 11 is 0. The molecule has 0 aliphatic carbocycles. The van der Waals surface area contributed by atoms with Crippen LogP contribution in [-0.2, 0) is 4.79 Å². The van der Waals surface area contributed by atoms with Gasteiger partial charge in [0.25, 0.3) is 11.8 Å². The van der Waals surface area contributed by atoms with Crippen molar-refractivity contribution in [2.75, 3.05) is 19.7 Å². The second-order valence-electron chi connectivity index (χ2n) is 5.34. The predicted octanol–water partition coefficient (Wildman–Crippen LogP) is 2.51. The molecule has 7 heteroatoms. The van der Waals surface area contributed by atoms with Crippen LogP contribution in [0.1, 0.15) is 24.2 Å². The summed E-state index contributed by atoms with van der Waals surface area (Å²) in [7, 11) is 0. The van der Waals surface area contributed by atoms with Gasteiger partial charge in [0, 0.05) is 18.7 Å². The molecule has 0 unspecified atom stereocenters. The number of ether oxygens (including phenoxy) is 1. The third kappa shape index (κ3) is 6.14. The Kier molecular flexibility index (Phi) is 7.84. The zero-order valence-electron chi connectivity index (χ0n) is 15.5. The lowest BCUT2D eigenvalue weighted by Gasteiger charge is -2.08. The summed E-state index contributed by atoms with van der Waals surface area (Å²) in [4.78, 5) is 30.8. The van der Waals surface area contributed by atoms with Crippen LogP contribution in [0.25, 0.3) is 11.0 Å². The van der Waals surface area contributed by atoms with E-state index in [1.54, 1.807) is 36.7 Å². The Morgan fingerprint density at radius 3 is 2.56 bits per heavy atom. The van der Waals surface area contributed by atoms with E-state index in [9.17, 15) is 9.59 Å². The van der Waals surface area contributed by atoms with E-state index in [4.69, 9.17) is 4.74 Å². The van der Waals surface area contributed by atoms with E-state index in [0.29, 0.717) is 24.4 Å². The first kappa shape index (κ1) is 20.0. The standard InChI is InChI=1S/C18H18N4O3.C2H6/c23-17(11-25-14-4-2-1-3-5-14)19-8-9-20-18(24)13-6-7-15-16(10-13)22-12-21-15;1-2/h1-7,10,12H,8-9,11H2,(H,19,23)(H,20,24)(H,21,22);1-2H3. The average molecular weight is 368 g/mol. The summed E-state index contributed by atoms with van der Waals surface area (Å²) in [5, 5.41) is 5.45. The number of aromatic nitrogens is 2. The summed E-state index contributed by atoms with van der Waals surface area (Å²) in [6.07, 6.45) is 1.58. The molecule has 2 aromatic carbocycles. The van der Waals surface area contributed by atoms with Crippen LogP contribution in [0, 0.1) is 0 Å². The van der Waals surface area contributed by atoms with Gasteiger partial charge in [-0.25, -0.2) is 4.98 Å². The van der Waals surface area contributed by atoms with Crippen molar-refractivity contribution in [1.29, 1.82) is 0 Å². The summed E-state index contributed by atoms with van der Waals surface area (Å²) < 4.78 is 5.34. The minimum atomic E-state index is -0.239. The van der Waals surface area contributed by atoms with E-state index >= 15 is 0 Å². The fourth-order valence-electron chi connectivity index (χ4n) is 2.27. The van der Waals surface area contributed by atoms with Crippen LogP contribution in [0.2, 0.25) is 0 Å². The Balaban J connectivity index is 0.00000126. The minimum Gasteiger partial charge on any atom is -0.484 e. The van der Waals surface area contributed by atoms with Crippen LogP contribution >= 0.6 is 0 Å². The molecule has 1 aromatic heterocycles. The molecular weight excluding hydrogens is 344 g/mol. The van der Waals surface area contributed by atoms with E-state index in [1.807, 2.05) is 32.0 Å². The van der Waals surface area contributed by atoms with Crippen molar-refractivity contribution >= 4 is 22.8 Å². The summed E-state index contributed by atoms with van der Waals surface area (Å²) in [6.45, 7) is 4.60. The number of nitrogens with zero attached hydrogens (tertiary/aromatic N) is 1. The monoisotopic (exact) mass is 368 g/mol. The molecule has 0 saturated carbocycles. The molecule has 27 heavy (non-hydrogen) atoms. The lowest BCUT2D eigenvalue weighted by atomic mass is 10.2. The minimum absolute atomic E-state index is 0.0611. The number of carbonyl (C=O) groups is 2. The molecule has 142 valence electrons. The van der Waals surface area contributed by atoms with Gasteiger partial charge in [0.2, 0.25) is 0 Å². The predicted molar refractivity (Wildman–Crippen MR) is 105 cm³/mol. The molecule has 0 saturated heterocycles. The second kappa shape index (κ2) is 10.6. The first-order valence-corrected chi connectivity index (χ1v) is 8.88. The van der Waals surface area contributed by atoms with E-state index < -0.39 is 0 Å². The van der Waals surface area contributed by atoms with E-state index in [0.717, 1.165) is 11.0 Å². The van der Waals surface area contributed by atoms with Gasteiger partial charge in [0.1, 0.15) is 5.75 Å². The van der Waals surface area contributed by atoms with Gasteiger partial charge in [-0.15, -0.1) is 0 Å². The van der Waals surface area contributed by atoms with Gasteiger partial charge >= 0.3 is 0 Å². The van der Waals surface area contributed by atoms with Crippen molar-refractivity contribution in [2.24, 2.45) is 0 Å².